The summed E-state index contributed by atoms with van der Waals surface area (Å²) >= 11 is 0. The number of nitrogens with zero attached hydrogens (tertiary/aromatic N) is 2. The molecule has 0 bridgehead atoms. The summed E-state index contributed by atoms with van der Waals surface area (Å²) in [7, 11) is 7.62. The second-order valence-electron chi connectivity index (χ2n) is 4.76. The van der Waals surface area contributed by atoms with Crippen molar-refractivity contribution in [2.24, 2.45) is 0 Å². The van der Waals surface area contributed by atoms with E-state index in [2.05, 4.69) is 34.5 Å². The van der Waals surface area contributed by atoms with Gasteiger partial charge in [-0.25, -0.2) is 0 Å². The average molecular weight is 249 g/mol. The topological polar surface area (TPSA) is 35.6 Å². The molecule has 0 unspecified atom stereocenters. The zero-order valence-corrected chi connectivity index (χ0v) is 11.7. The van der Waals surface area contributed by atoms with Gasteiger partial charge in [-0.05, 0) is 30.7 Å². The maximum absolute atomic E-state index is 11.4. The Hall–Kier alpha value is -1.71. The molecule has 100 valence electrons. The highest BCUT2D eigenvalue weighted by Gasteiger charge is 2.02. The third kappa shape index (κ3) is 4.65. The zero-order valence-electron chi connectivity index (χ0n) is 11.7. The maximum atomic E-state index is 11.4. The molecule has 1 N–H and O–H groups in total. The first kappa shape index (κ1) is 14.4. The van der Waals surface area contributed by atoms with Crippen LogP contribution in [0, 0.1) is 0 Å². The molecule has 1 amide bonds. The first-order valence-electron chi connectivity index (χ1n) is 6.22. The second kappa shape index (κ2) is 6.89. The van der Waals surface area contributed by atoms with Crippen LogP contribution in [0.5, 0.6) is 0 Å². The summed E-state index contributed by atoms with van der Waals surface area (Å²) in [6.45, 7) is 0.820. The highest BCUT2D eigenvalue weighted by Crippen LogP contribution is 2.15. The molecular formula is C14H23N3O. The van der Waals surface area contributed by atoms with Crippen molar-refractivity contribution < 1.29 is 4.79 Å². The number of hydrogen-bond donors (Lipinski definition) is 1. The molecule has 0 atom stereocenters. The summed E-state index contributed by atoms with van der Waals surface area (Å²) in [5.74, 6) is 0.180. The molecule has 4 nitrogen and oxygen atoms in total. The lowest BCUT2D eigenvalue weighted by Crippen LogP contribution is -2.22. The fraction of sp³-hybridized carbons (Fsp3) is 0.500. The Morgan fingerprint density at radius 3 is 2.22 bits per heavy atom. The molecule has 4 heteroatoms. The van der Waals surface area contributed by atoms with Crippen molar-refractivity contribution in [3.63, 3.8) is 0 Å². The van der Waals surface area contributed by atoms with E-state index in [1.165, 1.54) is 5.69 Å². The van der Waals surface area contributed by atoms with E-state index in [0.717, 1.165) is 18.7 Å². The molecule has 0 aliphatic heterocycles. The van der Waals surface area contributed by atoms with Crippen LogP contribution in [0.4, 0.5) is 11.4 Å². The summed E-state index contributed by atoms with van der Waals surface area (Å²) in [4.78, 5) is 15.1. The highest BCUT2D eigenvalue weighted by molar-refractivity contribution is 5.75. The minimum atomic E-state index is 0.180. The normalized spacial score (nSPS) is 10.0. The van der Waals surface area contributed by atoms with E-state index in [4.69, 9.17) is 0 Å². The van der Waals surface area contributed by atoms with Crippen LogP contribution < -0.4 is 10.2 Å². The molecular weight excluding hydrogens is 226 g/mol. The molecule has 1 rings (SSSR count). The van der Waals surface area contributed by atoms with Gasteiger partial charge < -0.3 is 15.1 Å². The summed E-state index contributed by atoms with van der Waals surface area (Å²) in [5.41, 5.74) is 2.28. The van der Waals surface area contributed by atoms with Crippen LogP contribution in [0.1, 0.15) is 12.8 Å². The predicted molar refractivity (Wildman–Crippen MR) is 77.2 cm³/mol. The van der Waals surface area contributed by atoms with Crippen LogP contribution in [0.2, 0.25) is 0 Å². The molecule has 0 radical (unpaired) electrons. The van der Waals surface area contributed by atoms with Crippen LogP contribution in [-0.4, -0.2) is 45.5 Å². The van der Waals surface area contributed by atoms with Crippen molar-refractivity contribution in [1.29, 1.82) is 0 Å². The lowest BCUT2D eigenvalue weighted by Gasteiger charge is -2.13. The molecule has 1 aromatic carbocycles. The summed E-state index contributed by atoms with van der Waals surface area (Å²) in [6, 6.07) is 8.27. The number of amides is 1. The molecule has 0 aliphatic carbocycles. The molecule has 0 heterocycles. The molecule has 0 fully saturated rings. The Kier molecular flexibility index (Phi) is 5.49. The zero-order chi connectivity index (χ0) is 13.5. The molecule has 18 heavy (non-hydrogen) atoms. The van der Waals surface area contributed by atoms with Crippen molar-refractivity contribution in [1.82, 2.24) is 4.90 Å². The van der Waals surface area contributed by atoms with Crippen molar-refractivity contribution in [2.45, 2.75) is 12.8 Å². The van der Waals surface area contributed by atoms with Crippen molar-refractivity contribution in [3.05, 3.63) is 24.3 Å². The Bertz CT molecular complexity index is 371. The van der Waals surface area contributed by atoms with Gasteiger partial charge >= 0.3 is 0 Å². The number of nitrogens with one attached hydrogen (secondary N) is 1. The van der Waals surface area contributed by atoms with Crippen LogP contribution >= 0.6 is 0 Å². The van der Waals surface area contributed by atoms with E-state index >= 15 is 0 Å². The molecule has 0 aromatic heterocycles. The van der Waals surface area contributed by atoms with Gasteiger partial charge in [0.05, 0.1) is 0 Å². The number of carbonyl (C=O) groups is 1. The summed E-state index contributed by atoms with van der Waals surface area (Å²) < 4.78 is 0. The largest absolute Gasteiger partial charge is 0.385 e. The lowest BCUT2D eigenvalue weighted by molar-refractivity contribution is -0.128. The van der Waals surface area contributed by atoms with Crippen molar-refractivity contribution in [3.8, 4) is 0 Å². The van der Waals surface area contributed by atoms with Crippen LogP contribution in [-0.2, 0) is 4.79 Å². The SMILES string of the molecule is CN(C)C(=O)CCCNc1ccc(N(C)C)cc1. The van der Waals surface area contributed by atoms with Gasteiger partial charge in [0.2, 0.25) is 5.91 Å². The quantitative estimate of drug-likeness (QED) is 0.784. The van der Waals surface area contributed by atoms with E-state index in [9.17, 15) is 4.79 Å². The second-order valence-corrected chi connectivity index (χ2v) is 4.76. The first-order valence-corrected chi connectivity index (χ1v) is 6.22. The van der Waals surface area contributed by atoms with Crippen molar-refractivity contribution in [2.75, 3.05) is 45.0 Å². The summed E-state index contributed by atoms with van der Waals surface area (Å²) in [5, 5.41) is 3.32. The fourth-order valence-electron chi connectivity index (χ4n) is 1.57. The minimum Gasteiger partial charge on any atom is -0.385 e. The van der Waals surface area contributed by atoms with Gasteiger partial charge in [0.15, 0.2) is 0 Å². The van der Waals surface area contributed by atoms with Crippen LogP contribution in [0.25, 0.3) is 0 Å². The Morgan fingerprint density at radius 1 is 1.11 bits per heavy atom. The Morgan fingerprint density at radius 2 is 1.72 bits per heavy atom. The molecule has 0 aliphatic rings. The average Bonchev–Trinajstić information content (AvgIpc) is 2.34. The molecule has 0 saturated carbocycles. The number of benzene rings is 1. The molecule has 0 saturated heterocycles. The van der Waals surface area contributed by atoms with Crippen LogP contribution in [0.3, 0.4) is 0 Å². The number of hydrogen-bond acceptors (Lipinski definition) is 3. The lowest BCUT2D eigenvalue weighted by atomic mass is 10.2. The number of carbonyl (C=O) groups excluding carboxylic acids is 1. The standard InChI is InChI=1S/C14H23N3O/c1-16(2)13-9-7-12(8-10-13)15-11-5-6-14(18)17(3)4/h7-10,15H,5-6,11H2,1-4H3. The van der Waals surface area contributed by atoms with Gasteiger partial charge in [-0.3, -0.25) is 4.79 Å². The van der Waals surface area contributed by atoms with E-state index in [0.29, 0.717) is 6.42 Å². The number of rotatable bonds is 6. The van der Waals surface area contributed by atoms with E-state index < -0.39 is 0 Å². The Labute approximate surface area is 110 Å². The monoisotopic (exact) mass is 249 g/mol. The van der Waals surface area contributed by atoms with Crippen molar-refractivity contribution >= 4 is 17.3 Å². The van der Waals surface area contributed by atoms with Gasteiger partial charge in [0.25, 0.3) is 0 Å². The Balaban J connectivity index is 2.29. The number of anilines is 2. The van der Waals surface area contributed by atoms with Gasteiger partial charge in [-0.2, -0.15) is 0 Å². The van der Waals surface area contributed by atoms with Gasteiger partial charge in [0.1, 0.15) is 0 Å². The van der Waals surface area contributed by atoms with Gasteiger partial charge in [-0.15, -0.1) is 0 Å². The van der Waals surface area contributed by atoms with Gasteiger partial charge in [-0.1, -0.05) is 0 Å². The third-order valence-corrected chi connectivity index (χ3v) is 2.78. The van der Waals surface area contributed by atoms with Crippen LogP contribution in [0.15, 0.2) is 24.3 Å². The fourth-order valence-corrected chi connectivity index (χ4v) is 1.57. The van der Waals surface area contributed by atoms with E-state index in [1.807, 2.05) is 14.1 Å². The predicted octanol–water partition coefficient (Wildman–Crippen LogP) is 2.03. The van der Waals surface area contributed by atoms with Gasteiger partial charge in [0, 0.05) is 52.5 Å². The minimum absolute atomic E-state index is 0.180. The molecule has 0 spiro atoms. The van der Waals surface area contributed by atoms with E-state index in [-0.39, 0.29) is 5.91 Å². The third-order valence-electron chi connectivity index (χ3n) is 2.78. The highest BCUT2D eigenvalue weighted by atomic mass is 16.2. The summed E-state index contributed by atoms with van der Waals surface area (Å²) in [6.07, 6.45) is 1.45. The molecule has 1 aromatic rings. The first-order chi connectivity index (χ1) is 8.50. The smallest absolute Gasteiger partial charge is 0.222 e. The maximum Gasteiger partial charge on any atom is 0.222 e. The van der Waals surface area contributed by atoms with E-state index in [1.54, 1.807) is 19.0 Å².